The SMILES string of the molecule is COc1cc(N2CCCCCN(C(=O)c3csc(-c4ccccc4)n3)CCCC2=O)ccc1/C(C=N)=C/N. The zero-order chi connectivity index (χ0) is 26.9. The second-order valence-corrected chi connectivity index (χ2v) is 9.91. The fourth-order valence-electron chi connectivity index (χ4n) is 4.57. The molecule has 0 saturated carbocycles. The third-order valence-electron chi connectivity index (χ3n) is 6.60. The van der Waals surface area contributed by atoms with E-state index in [2.05, 4.69) is 4.98 Å². The molecule has 1 fully saturated rings. The van der Waals surface area contributed by atoms with Crippen molar-refractivity contribution in [2.75, 3.05) is 31.6 Å². The van der Waals surface area contributed by atoms with Crippen molar-refractivity contribution in [2.24, 2.45) is 5.73 Å². The maximum absolute atomic E-state index is 13.3. The largest absolute Gasteiger partial charge is 0.496 e. The van der Waals surface area contributed by atoms with Gasteiger partial charge in [-0.05, 0) is 37.8 Å². The molecule has 1 saturated heterocycles. The Morgan fingerprint density at radius 1 is 1.08 bits per heavy atom. The molecule has 2 aromatic carbocycles. The number of amides is 2. The van der Waals surface area contributed by atoms with E-state index in [1.54, 1.807) is 12.0 Å². The Morgan fingerprint density at radius 3 is 2.58 bits per heavy atom. The van der Waals surface area contributed by atoms with E-state index in [9.17, 15) is 9.59 Å². The molecule has 38 heavy (non-hydrogen) atoms. The summed E-state index contributed by atoms with van der Waals surface area (Å²) in [5, 5.41) is 10.2. The molecule has 1 aliphatic rings. The van der Waals surface area contributed by atoms with Crippen LogP contribution in [-0.2, 0) is 4.79 Å². The monoisotopic (exact) mass is 531 g/mol. The molecule has 198 valence electrons. The van der Waals surface area contributed by atoms with Crippen LogP contribution in [0.4, 0.5) is 5.69 Å². The highest BCUT2D eigenvalue weighted by Gasteiger charge is 2.22. The molecule has 2 heterocycles. The number of methoxy groups -OCH3 is 1. The van der Waals surface area contributed by atoms with E-state index in [1.807, 2.05) is 58.8 Å². The average molecular weight is 532 g/mol. The van der Waals surface area contributed by atoms with Gasteiger partial charge in [-0.25, -0.2) is 4.98 Å². The third-order valence-corrected chi connectivity index (χ3v) is 7.49. The smallest absolute Gasteiger partial charge is 0.273 e. The highest BCUT2D eigenvalue weighted by atomic mass is 32.1. The first-order chi connectivity index (χ1) is 18.5. The van der Waals surface area contributed by atoms with Crippen LogP contribution in [0.2, 0.25) is 0 Å². The van der Waals surface area contributed by atoms with Gasteiger partial charge in [0.15, 0.2) is 0 Å². The minimum Gasteiger partial charge on any atom is -0.496 e. The molecule has 0 aliphatic carbocycles. The molecule has 9 heteroatoms. The normalized spacial score (nSPS) is 15.6. The van der Waals surface area contributed by atoms with Gasteiger partial charge in [0.05, 0.1) is 7.11 Å². The molecule has 1 aliphatic heterocycles. The predicted molar refractivity (Wildman–Crippen MR) is 153 cm³/mol. The molecule has 1 aromatic heterocycles. The Kier molecular flexibility index (Phi) is 9.26. The van der Waals surface area contributed by atoms with Crippen LogP contribution in [0.3, 0.4) is 0 Å². The fourth-order valence-corrected chi connectivity index (χ4v) is 5.37. The number of carbonyl (C=O) groups is 2. The first-order valence-corrected chi connectivity index (χ1v) is 13.6. The standard InChI is InChI=1S/C29H33N5O3S/c1-37-26-17-23(12-13-24(26)22(18-30)19-31)34-16-7-3-6-14-33(15-8-11-27(34)35)29(36)25-20-38-28(32-25)21-9-4-2-5-10-21/h2,4-5,9-10,12-13,17-20,30H,3,6-8,11,14-16,31H2,1H3/b22-19+,30-18?. The lowest BCUT2D eigenvalue weighted by Gasteiger charge is -2.24. The van der Waals surface area contributed by atoms with E-state index in [-0.39, 0.29) is 11.8 Å². The molecule has 0 spiro atoms. The molecular weight excluding hydrogens is 498 g/mol. The van der Waals surface area contributed by atoms with Gasteiger partial charge < -0.3 is 25.7 Å². The number of thiazole rings is 1. The maximum Gasteiger partial charge on any atom is 0.273 e. The van der Waals surface area contributed by atoms with Crippen LogP contribution in [0.25, 0.3) is 16.1 Å². The second kappa shape index (κ2) is 13.0. The number of nitrogens with zero attached hydrogens (tertiary/aromatic N) is 3. The van der Waals surface area contributed by atoms with Crippen molar-refractivity contribution in [3.8, 4) is 16.3 Å². The maximum atomic E-state index is 13.3. The van der Waals surface area contributed by atoms with Crippen molar-refractivity contribution in [2.45, 2.75) is 32.1 Å². The Labute approximate surface area is 227 Å². The minimum absolute atomic E-state index is 0.00997. The van der Waals surface area contributed by atoms with Crippen molar-refractivity contribution in [1.29, 1.82) is 5.41 Å². The number of allylic oxidation sites excluding steroid dienone is 1. The molecule has 8 nitrogen and oxygen atoms in total. The number of rotatable bonds is 6. The minimum atomic E-state index is -0.0812. The van der Waals surface area contributed by atoms with E-state index in [0.717, 1.165) is 35.5 Å². The van der Waals surface area contributed by atoms with Crippen LogP contribution in [0.15, 0.2) is 60.1 Å². The van der Waals surface area contributed by atoms with Gasteiger partial charge in [-0.15, -0.1) is 11.3 Å². The first kappa shape index (κ1) is 27.1. The molecular formula is C29H33N5O3S. The number of benzene rings is 2. The number of nitrogens with two attached hydrogens (primary N) is 1. The van der Waals surface area contributed by atoms with Crippen molar-refractivity contribution in [1.82, 2.24) is 9.88 Å². The van der Waals surface area contributed by atoms with Crippen LogP contribution < -0.4 is 15.4 Å². The lowest BCUT2D eigenvalue weighted by Crippen LogP contribution is -2.34. The Balaban J connectivity index is 1.46. The summed E-state index contributed by atoms with van der Waals surface area (Å²) < 4.78 is 5.54. The van der Waals surface area contributed by atoms with E-state index in [4.69, 9.17) is 15.9 Å². The summed E-state index contributed by atoms with van der Waals surface area (Å²) in [5.41, 5.74) is 9.10. The van der Waals surface area contributed by atoms with Gasteiger partial charge >= 0.3 is 0 Å². The van der Waals surface area contributed by atoms with Crippen LogP contribution >= 0.6 is 11.3 Å². The van der Waals surface area contributed by atoms with Crippen molar-refractivity contribution < 1.29 is 14.3 Å². The number of hydrogen-bond acceptors (Lipinski definition) is 7. The Hall–Kier alpha value is -3.98. The van der Waals surface area contributed by atoms with Gasteiger partial charge in [0, 0.05) is 72.3 Å². The summed E-state index contributed by atoms with van der Waals surface area (Å²) in [4.78, 5) is 34.8. The predicted octanol–water partition coefficient (Wildman–Crippen LogP) is 5.21. The molecule has 2 amide bonds. The molecule has 0 unspecified atom stereocenters. The average Bonchev–Trinajstić information content (AvgIpc) is 3.44. The second-order valence-electron chi connectivity index (χ2n) is 9.06. The molecule has 0 bridgehead atoms. The van der Waals surface area contributed by atoms with E-state index >= 15 is 0 Å². The number of anilines is 1. The van der Waals surface area contributed by atoms with Gasteiger partial charge in [0.25, 0.3) is 5.91 Å². The summed E-state index contributed by atoms with van der Waals surface area (Å²) in [6, 6.07) is 15.4. The molecule has 0 atom stereocenters. The fraction of sp³-hybridized carbons (Fsp3) is 0.310. The summed E-state index contributed by atoms with van der Waals surface area (Å²) in [7, 11) is 1.56. The van der Waals surface area contributed by atoms with Crippen LogP contribution in [0, 0.1) is 5.41 Å². The number of carbonyl (C=O) groups excluding carboxylic acids is 2. The van der Waals surface area contributed by atoms with E-state index in [0.29, 0.717) is 55.1 Å². The van der Waals surface area contributed by atoms with Gasteiger partial charge in [0.2, 0.25) is 5.91 Å². The first-order valence-electron chi connectivity index (χ1n) is 12.8. The van der Waals surface area contributed by atoms with Crippen molar-refractivity contribution >= 4 is 40.6 Å². The summed E-state index contributed by atoms with van der Waals surface area (Å²) in [6.45, 7) is 1.74. The number of nitrogens with one attached hydrogen (secondary N) is 1. The third kappa shape index (κ3) is 6.28. The van der Waals surface area contributed by atoms with Gasteiger partial charge in [0.1, 0.15) is 16.5 Å². The summed E-state index contributed by atoms with van der Waals surface area (Å²) in [6.07, 6.45) is 6.01. The Bertz CT molecular complexity index is 1300. The Morgan fingerprint density at radius 2 is 1.84 bits per heavy atom. The molecule has 3 aromatic rings. The van der Waals surface area contributed by atoms with Crippen LogP contribution in [-0.4, -0.2) is 54.7 Å². The highest BCUT2D eigenvalue weighted by Crippen LogP contribution is 2.31. The highest BCUT2D eigenvalue weighted by molar-refractivity contribution is 7.13. The molecule has 0 radical (unpaired) electrons. The van der Waals surface area contributed by atoms with Crippen molar-refractivity contribution in [3.63, 3.8) is 0 Å². The van der Waals surface area contributed by atoms with Gasteiger partial charge in [-0.2, -0.15) is 0 Å². The van der Waals surface area contributed by atoms with E-state index < -0.39 is 0 Å². The summed E-state index contributed by atoms with van der Waals surface area (Å²) in [5.74, 6) is 0.484. The lowest BCUT2D eigenvalue weighted by atomic mass is 10.1. The van der Waals surface area contributed by atoms with Gasteiger partial charge in [-0.3, -0.25) is 9.59 Å². The van der Waals surface area contributed by atoms with E-state index in [1.165, 1.54) is 23.8 Å². The molecule has 3 N–H and O–H groups in total. The number of aromatic nitrogens is 1. The zero-order valence-corrected chi connectivity index (χ0v) is 22.4. The van der Waals surface area contributed by atoms with Crippen LogP contribution in [0.1, 0.15) is 48.2 Å². The number of ether oxygens (including phenoxy) is 1. The topological polar surface area (TPSA) is 113 Å². The lowest BCUT2D eigenvalue weighted by molar-refractivity contribution is -0.118. The zero-order valence-electron chi connectivity index (χ0n) is 21.6. The summed E-state index contributed by atoms with van der Waals surface area (Å²) >= 11 is 1.47. The van der Waals surface area contributed by atoms with Crippen LogP contribution in [0.5, 0.6) is 5.75 Å². The molecule has 4 rings (SSSR count). The quantitative estimate of drug-likeness (QED) is 0.424. The van der Waals surface area contributed by atoms with Gasteiger partial charge in [-0.1, -0.05) is 30.3 Å². The van der Waals surface area contributed by atoms with Crippen molar-refractivity contribution in [3.05, 3.63) is 71.4 Å². The number of hydrogen-bond donors (Lipinski definition) is 2.